The number of halogens is 1. The molecule has 2 saturated heterocycles. The first kappa shape index (κ1) is 11.6. The second-order valence-electron chi connectivity index (χ2n) is 5.19. The lowest BCUT2D eigenvalue weighted by molar-refractivity contribution is 0.0633. The van der Waals surface area contributed by atoms with Crippen molar-refractivity contribution in [3.63, 3.8) is 0 Å². The molecule has 2 aromatic rings. The van der Waals surface area contributed by atoms with Crippen LogP contribution < -0.4 is 0 Å². The molecule has 1 N–H and O–H groups in total. The van der Waals surface area contributed by atoms with Gasteiger partial charge in [-0.15, -0.1) is 0 Å². The summed E-state index contributed by atoms with van der Waals surface area (Å²) in [5.41, 5.74) is 1.35. The third-order valence-corrected chi connectivity index (χ3v) is 4.45. The molecule has 19 heavy (non-hydrogen) atoms. The highest BCUT2D eigenvalue weighted by Crippen LogP contribution is 2.45. The normalized spacial score (nSPS) is 33.4. The average molecular weight is 281 g/mol. The summed E-state index contributed by atoms with van der Waals surface area (Å²) < 4.78 is 7.92. The number of aromatic nitrogens is 4. The standard InChI is InChI=1S/C12H13ClN4O2/c13-11-9-12(15-4-14-11)17(5-16-9)8-2-7-1-6(3-18)10(8)19-7/h4-8,10,18H,1-3H2/t6-,7-,8-,10+/m0/s1. The molecular formula is C12H13ClN4O2. The minimum atomic E-state index is 0.0427. The molecule has 4 heterocycles. The van der Waals surface area contributed by atoms with Crippen LogP contribution in [0, 0.1) is 5.92 Å². The Morgan fingerprint density at radius 2 is 2.26 bits per heavy atom. The first-order valence-corrected chi connectivity index (χ1v) is 6.75. The molecule has 7 heteroatoms. The predicted molar refractivity (Wildman–Crippen MR) is 67.8 cm³/mol. The number of rotatable bonds is 2. The summed E-state index contributed by atoms with van der Waals surface area (Å²) in [6.45, 7) is 0.167. The van der Waals surface area contributed by atoms with Crippen LogP contribution in [0.25, 0.3) is 11.2 Å². The number of aliphatic hydroxyl groups is 1. The third kappa shape index (κ3) is 1.60. The molecule has 2 bridgehead atoms. The molecule has 0 aromatic carbocycles. The maximum absolute atomic E-state index is 9.41. The summed E-state index contributed by atoms with van der Waals surface area (Å²) in [7, 11) is 0. The lowest BCUT2D eigenvalue weighted by Gasteiger charge is -2.26. The Bertz CT molecular complexity index is 631. The summed E-state index contributed by atoms with van der Waals surface area (Å²) in [4.78, 5) is 12.5. The Kier molecular flexibility index (Phi) is 2.51. The van der Waals surface area contributed by atoms with Crippen LogP contribution >= 0.6 is 11.6 Å². The Morgan fingerprint density at radius 3 is 3.05 bits per heavy atom. The molecule has 0 unspecified atom stereocenters. The van der Waals surface area contributed by atoms with Crippen molar-refractivity contribution in [1.82, 2.24) is 19.5 Å². The zero-order valence-electron chi connectivity index (χ0n) is 10.1. The average Bonchev–Trinajstić information content (AvgIpc) is 3.11. The zero-order chi connectivity index (χ0) is 13.0. The van der Waals surface area contributed by atoms with Gasteiger partial charge in [0.1, 0.15) is 11.8 Å². The Labute approximate surface area is 114 Å². The predicted octanol–water partition coefficient (Wildman–Crippen LogP) is 1.19. The maximum Gasteiger partial charge on any atom is 0.165 e. The monoisotopic (exact) mass is 280 g/mol. The van der Waals surface area contributed by atoms with Crippen LogP contribution in [0.15, 0.2) is 12.7 Å². The van der Waals surface area contributed by atoms with Gasteiger partial charge in [-0.2, -0.15) is 0 Å². The highest BCUT2D eigenvalue weighted by Gasteiger charge is 2.48. The fourth-order valence-electron chi connectivity index (χ4n) is 3.34. The van der Waals surface area contributed by atoms with Gasteiger partial charge in [0.2, 0.25) is 0 Å². The van der Waals surface area contributed by atoms with E-state index in [0.717, 1.165) is 18.5 Å². The highest BCUT2D eigenvalue weighted by atomic mass is 35.5. The number of hydrogen-bond donors (Lipinski definition) is 1. The van der Waals surface area contributed by atoms with E-state index in [1.54, 1.807) is 6.33 Å². The fourth-order valence-corrected chi connectivity index (χ4v) is 3.51. The van der Waals surface area contributed by atoms with Crippen molar-refractivity contribution in [3.8, 4) is 0 Å². The van der Waals surface area contributed by atoms with Crippen LogP contribution in [-0.4, -0.2) is 43.4 Å². The molecule has 2 aliphatic rings. The molecule has 0 amide bonds. The number of aliphatic hydroxyl groups excluding tert-OH is 1. The van der Waals surface area contributed by atoms with E-state index in [1.165, 1.54) is 6.33 Å². The van der Waals surface area contributed by atoms with Crippen LogP contribution in [-0.2, 0) is 4.74 Å². The van der Waals surface area contributed by atoms with E-state index in [1.807, 2.05) is 4.57 Å². The quantitative estimate of drug-likeness (QED) is 0.837. The van der Waals surface area contributed by atoms with E-state index in [0.29, 0.717) is 10.7 Å². The van der Waals surface area contributed by atoms with Crippen molar-refractivity contribution in [3.05, 3.63) is 17.8 Å². The van der Waals surface area contributed by atoms with Gasteiger partial charge in [-0.3, -0.25) is 0 Å². The molecule has 0 saturated carbocycles. The van der Waals surface area contributed by atoms with Crippen molar-refractivity contribution >= 4 is 22.8 Å². The molecule has 4 rings (SSSR count). The van der Waals surface area contributed by atoms with Gasteiger partial charge in [0.05, 0.1) is 24.6 Å². The molecule has 2 aliphatic heterocycles. The van der Waals surface area contributed by atoms with Gasteiger partial charge >= 0.3 is 0 Å². The van der Waals surface area contributed by atoms with Gasteiger partial charge in [0.25, 0.3) is 0 Å². The maximum atomic E-state index is 9.41. The van der Waals surface area contributed by atoms with E-state index in [2.05, 4.69) is 15.0 Å². The van der Waals surface area contributed by atoms with E-state index in [-0.39, 0.29) is 30.8 Å². The van der Waals surface area contributed by atoms with Crippen molar-refractivity contribution in [2.75, 3.05) is 6.61 Å². The summed E-state index contributed by atoms with van der Waals surface area (Å²) in [6.07, 6.45) is 5.35. The molecule has 100 valence electrons. The van der Waals surface area contributed by atoms with E-state index < -0.39 is 0 Å². The number of hydrogen-bond acceptors (Lipinski definition) is 5. The van der Waals surface area contributed by atoms with Crippen molar-refractivity contribution in [2.45, 2.75) is 31.1 Å². The third-order valence-electron chi connectivity index (χ3n) is 4.17. The first-order valence-electron chi connectivity index (χ1n) is 6.37. The minimum absolute atomic E-state index is 0.0427. The Hall–Kier alpha value is -1.24. The molecule has 0 spiro atoms. The second kappa shape index (κ2) is 4.13. The van der Waals surface area contributed by atoms with Gasteiger partial charge in [-0.05, 0) is 12.8 Å². The molecule has 4 atom stereocenters. The minimum Gasteiger partial charge on any atom is -0.396 e. The molecule has 2 fully saturated rings. The molecule has 2 aromatic heterocycles. The summed E-state index contributed by atoms with van der Waals surface area (Å²) in [5.74, 6) is 0.207. The summed E-state index contributed by atoms with van der Waals surface area (Å²) in [5, 5.41) is 9.78. The van der Waals surface area contributed by atoms with E-state index in [9.17, 15) is 5.11 Å². The van der Waals surface area contributed by atoms with E-state index in [4.69, 9.17) is 16.3 Å². The number of ether oxygens (including phenoxy) is 1. The molecule has 0 aliphatic carbocycles. The van der Waals surface area contributed by atoms with Gasteiger partial charge in [0.15, 0.2) is 10.8 Å². The first-order chi connectivity index (χ1) is 9.28. The van der Waals surface area contributed by atoms with Gasteiger partial charge in [-0.1, -0.05) is 11.6 Å². The second-order valence-corrected chi connectivity index (χ2v) is 5.55. The number of imidazole rings is 1. The smallest absolute Gasteiger partial charge is 0.165 e. The van der Waals surface area contributed by atoms with Crippen molar-refractivity contribution in [1.29, 1.82) is 0 Å². The SMILES string of the molecule is OC[C@@H]1C[C@H]2C[C@H](n3cnc4c(Cl)ncnc43)[C@@H]1O2. The van der Waals surface area contributed by atoms with Crippen LogP contribution in [0.5, 0.6) is 0 Å². The molecule has 6 nitrogen and oxygen atoms in total. The molecular weight excluding hydrogens is 268 g/mol. The summed E-state index contributed by atoms with van der Waals surface area (Å²) >= 11 is 6.01. The fraction of sp³-hybridized carbons (Fsp3) is 0.583. The lowest BCUT2D eigenvalue weighted by atomic mass is 9.86. The lowest BCUT2D eigenvalue weighted by Crippen LogP contribution is -2.30. The number of nitrogens with zero attached hydrogens (tertiary/aromatic N) is 4. The topological polar surface area (TPSA) is 73.1 Å². The largest absolute Gasteiger partial charge is 0.396 e. The van der Waals surface area contributed by atoms with Gasteiger partial charge in [-0.25, -0.2) is 15.0 Å². The van der Waals surface area contributed by atoms with Crippen LogP contribution in [0.4, 0.5) is 0 Å². The van der Waals surface area contributed by atoms with Crippen LogP contribution in [0.1, 0.15) is 18.9 Å². The number of fused-ring (bicyclic) bond motifs is 3. The van der Waals surface area contributed by atoms with Crippen LogP contribution in [0.2, 0.25) is 5.15 Å². The highest BCUT2D eigenvalue weighted by molar-refractivity contribution is 6.33. The van der Waals surface area contributed by atoms with Gasteiger partial charge in [0, 0.05) is 12.5 Å². The van der Waals surface area contributed by atoms with Gasteiger partial charge < -0.3 is 14.4 Å². The van der Waals surface area contributed by atoms with Crippen molar-refractivity contribution in [2.24, 2.45) is 5.92 Å². The summed E-state index contributed by atoms with van der Waals surface area (Å²) in [6, 6.07) is 0.173. The molecule has 0 radical (unpaired) electrons. The Morgan fingerprint density at radius 1 is 1.37 bits per heavy atom. The van der Waals surface area contributed by atoms with E-state index >= 15 is 0 Å². The zero-order valence-corrected chi connectivity index (χ0v) is 10.9. The van der Waals surface area contributed by atoms with Crippen molar-refractivity contribution < 1.29 is 9.84 Å². The Balaban J connectivity index is 1.77. The van der Waals surface area contributed by atoms with Crippen LogP contribution in [0.3, 0.4) is 0 Å².